The Morgan fingerprint density at radius 2 is 1.85 bits per heavy atom. The van der Waals surface area contributed by atoms with E-state index in [9.17, 15) is 22.8 Å². The van der Waals surface area contributed by atoms with Gasteiger partial charge in [-0.2, -0.15) is 13.2 Å². The van der Waals surface area contributed by atoms with Crippen molar-refractivity contribution in [3.63, 3.8) is 0 Å². The first-order chi connectivity index (χ1) is 9.20. The van der Waals surface area contributed by atoms with Crippen LogP contribution in [0.2, 0.25) is 0 Å². The number of nitrogens with one attached hydrogen (secondary N) is 2. The molecule has 0 bridgehead atoms. The molecule has 0 spiro atoms. The number of carbonyl (C=O) groups is 2. The van der Waals surface area contributed by atoms with E-state index in [1.807, 2.05) is 10.6 Å². The maximum atomic E-state index is 12.6. The lowest BCUT2D eigenvalue weighted by molar-refractivity contribution is -0.137. The van der Waals surface area contributed by atoms with Crippen molar-refractivity contribution in [1.82, 2.24) is 10.6 Å². The second kappa shape index (κ2) is 6.13. The van der Waals surface area contributed by atoms with E-state index in [-0.39, 0.29) is 12.1 Å². The Bertz CT molecular complexity index is 505. The van der Waals surface area contributed by atoms with Gasteiger partial charge in [-0.1, -0.05) is 12.1 Å². The third-order valence-corrected chi connectivity index (χ3v) is 2.37. The Hall–Kier alpha value is -2.45. The highest BCUT2D eigenvalue weighted by molar-refractivity contribution is 5.66. The Labute approximate surface area is 111 Å². The van der Waals surface area contributed by atoms with E-state index >= 15 is 0 Å². The van der Waals surface area contributed by atoms with Gasteiger partial charge in [-0.15, -0.1) is 0 Å². The van der Waals surface area contributed by atoms with Crippen molar-refractivity contribution in [2.24, 2.45) is 0 Å². The summed E-state index contributed by atoms with van der Waals surface area (Å²) in [5.41, 5.74) is -0.932. The maximum Gasteiger partial charge on any atom is 0.416 e. The largest absolute Gasteiger partial charge is 0.465 e. The fourth-order valence-corrected chi connectivity index (χ4v) is 1.52. The minimum atomic E-state index is -4.57. The predicted octanol–water partition coefficient (Wildman–Crippen LogP) is 2.28. The quantitative estimate of drug-likeness (QED) is 0.684. The van der Waals surface area contributed by atoms with Crippen molar-refractivity contribution in [3.05, 3.63) is 35.4 Å². The van der Waals surface area contributed by atoms with E-state index in [1.54, 1.807) is 0 Å². The topological polar surface area (TPSA) is 98.7 Å². The number of halogens is 3. The third-order valence-electron chi connectivity index (χ3n) is 2.37. The molecule has 1 rings (SSSR count). The number of hydrogen-bond acceptors (Lipinski definition) is 2. The van der Waals surface area contributed by atoms with Gasteiger partial charge in [0.05, 0.1) is 11.6 Å². The van der Waals surface area contributed by atoms with Gasteiger partial charge in [0.1, 0.15) is 0 Å². The van der Waals surface area contributed by atoms with Crippen LogP contribution in [-0.4, -0.2) is 28.9 Å². The van der Waals surface area contributed by atoms with Gasteiger partial charge in [0.15, 0.2) is 0 Å². The van der Waals surface area contributed by atoms with Crippen LogP contribution < -0.4 is 10.6 Å². The standard InChI is InChI=1S/C11H11F3N2O4/c12-11(13,14)7-3-1-2-6(4-7)8(16-10(19)20)5-15-9(17)18/h1-4,8,15-16H,5H2,(H,17,18)(H,19,20). The molecule has 0 radical (unpaired) electrons. The minimum Gasteiger partial charge on any atom is -0.465 e. The van der Waals surface area contributed by atoms with Gasteiger partial charge in [0, 0.05) is 6.54 Å². The third kappa shape index (κ3) is 4.67. The highest BCUT2D eigenvalue weighted by Gasteiger charge is 2.31. The number of amides is 2. The summed E-state index contributed by atoms with van der Waals surface area (Å²) in [4.78, 5) is 21.0. The van der Waals surface area contributed by atoms with Gasteiger partial charge in [-0.3, -0.25) is 0 Å². The lowest BCUT2D eigenvalue weighted by Gasteiger charge is -2.18. The Balaban J connectivity index is 3.00. The van der Waals surface area contributed by atoms with Crippen LogP contribution in [0, 0.1) is 0 Å². The zero-order valence-electron chi connectivity index (χ0n) is 9.94. The zero-order chi connectivity index (χ0) is 15.3. The smallest absolute Gasteiger partial charge is 0.416 e. The number of hydrogen-bond donors (Lipinski definition) is 4. The number of carboxylic acid groups (broad SMARTS) is 2. The van der Waals surface area contributed by atoms with Crippen molar-refractivity contribution < 1.29 is 33.0 Å². The molecule has 0 saturated heterocycles. The molecule has 6 nitrogen and oxygen atoms in total. The predicted molar refractivity (Wildman–Crippen MR) is 61.4 cm³/mol. The van der Waals surface area contributed by atoms with Crippen molar-refractivity contribution in [1.29, 1.82) is 0 Å². The summed E-state index contributed by atoms with van der Waals surface area (Å²) in [5.74, 6) is 0. The lowest BCUT2D eigenvalue weighted by atomic mass is 10.0. The van der Waals surface area contributed by atoms with Crippen LogP contribution in [0.4, 0.5) is 22.8 Å². The first-order valence-corrected chi connectivity index (χ1v) is 5.33. The summed E-state index contributed by atoms with van der Waals surface area (Å²) in [6, 6.07) is 2.89. The van der Waals surface area contributed by atoms with Crippen molar-refractivity contribution >= 4 is 12.2 Å². The number of rotatable bonds is 4. The normalized spacial score (nSPS) is 12.6. The Morgan fingerprint density at radius 3 is 2.35 bits per heavy atom. The average Bonchev–Trinajstić information content (AvgIpc) is 2.33. The van der Waals surface area contributed by atoms with Crippen LogP contribution >= 0.6 is 0 Å². The first-order valence-electron chi connectivity index (χ1n) is 5.33. The molecule has 110 valence electrons. The summed E-state index contributed by atoms with van der Waals surface area (Å²) in [7, 11) is 0. The van der Waals surface area contributed by atoms with E-state index < -0.39 is 30.0 Å². The second-order valence-electron chi connectivity index (χ2n) is 3.81. The van der Waals surface area contributed by atoms with Crippen LogP contribution in [0.25, 0.3) is 0 Å². The van der Waals surface area contributed by atoms with Gasteiger partial charge in [0.25, 0.3) is 0 Å². The fraction of sp³-hybridized carbons (Fsp3) is 0.273. The average molecular weight is 292 g/mol. The summed E-state index contributed by atoms with van der Waals surface area (Å²) < 4.78 is 37.7. The van der Waals surface area contributed by atoms with Gasteiger partial charge in [-0.05, 0) is 17.7 Å². The molecule has 9 heteroatoms. The highest BCUT2D eigenvalue weighted by Crippen LogP contribution is 2.30. The molecule has 0 fully saturated rings. The molecular formula is C11H11F3N2O4. The fourth-order valence-electron chi connectivity index (χ4n) is 1.52. The molecule has 1 atom stereocenters. The van der Waals surface area contributed by atoms with Crippen molar-refractivity contribution in [2.45, 2.75) is 12.2 Å². The lowest BCUT2D eigenvalue weighted by Crippen LogP contribution is -2.36. The summed E-state index contributed by atoms with van der Waals surface area (Å²) in [6.07, 6.45) is -7.45. The number of benzene rings is 1. The molecule has 2 amide bonds. The zero-order valence-corrected chi connectivity index (χ0v) is 9.94. The molecule has 0 saturated carbocycles. The molecule has 1 aromatic rings. The van der Waals surface area contributed by atoms with Crippen LogP contribution in [-0.2, 0) is 6.18 Å². The highest BCUT2D eigenvalue weighted by atomic mass is 19.4. The van der Waals surface area contributed by atoms with E-state index in [1.165, 1.54) is 6.07 Å². The Kier molecular flexibility index (Phi) is 4.78. The van der Waals surface area contributed by atoms with Crippen molar-refractivity contribution in [3.8, 4) is 0 Å². The molecule has 0 aliphatic rings. The van der Waals surface area contributed by atoms with Crippen LogP contribution in [0.1, 0.15) is 17.2 Å². The molecule has 0 heterocycles. The molecular weight excluding hydrogens is 281 g/mol. The van der Waals surface area contributed by atoms with Crippen LogP contribution in [0.15, 0.2) is 24.3 Å². The Morgan fingerprint density at radius 1 is 1.20 bits per heavy atom. The first kappa shape index (κ1) is 15.6. The monoisotopic (exact) mass is 292 g/mol. The molecule has 0 aromatic heterocycles. The molecule has 20 heavy (non-hydrogen) atoms. The molecule has 1 aromatic carbocycles. The summed E-state index contributed by atoms with van der Waals surface area (Å²) >= 11 is 0. The van der Waals surface area contributed by atoms with E-state index in [0.717, 1.165) is 18.2 Å². The molecule has 4 N–H and O–H groups in total. The van der Waals surface area contributed by atoms with Gasteiger partial charge < -0.3 is 20.8 Å². The minimum absolute atomic E-state index is 0.0102. The van der Waals surface area contributed by atoms with Gasteiger partial charge in [0.2, 0.25) is 0 Å². The van der Waals surface area contributed by atoms with Crippen molar-refractivity contribution in [2.75, 3.05) is 6.54 Å². The molecule has 1 unspecified atom stereocenters. The van der Waals surface area contributed by atoms with E-state index in [4.69, 9.17) is 10.2 Å². The molecule has 0 aliphatic carbocycles. The second-order valence-corrected chi connectivity index (χ2v) is 3.81. The van der Waals surface area contributed by atoms with E-state index in [2.05, 4.69) is 0 Å². The molecule has 0 aliphatic heterocycles. The maximum absolute atomic E-state index is 12.6. The SMILES string of the molecule is O=C(O)NCC(NC(=O)O)c1cccc(C(F)(F)F)c1. The summed E-state index contributed by atoms with van der Waals surface area (Å²) in [6.45, 7) is -0.386. The summed E-state index contributed by atoms with van der Waals surface area (Å²) in [5, 5.41) is 21.0. The van der Waals surface area contributed by atoms with Gasteiger partial charge >= 0.3 is 18.4 Å². The van der Waals surface area contributed by atoms with E-state index in [0.29, 0.717) is 0 Å². The number of alkyl halides is 3. The van der Waals surface area contributed by atoms with Gasteiger partial charge in [-0.25, -0.2) is 9.59 Å². The van der Waals surface area contributed by atoms with Crippen LogP contribution in [0.5, 0.6) is 0 Å². The van der Waals surface area contributed by atoms with Crippen LogP contribution in [0.3, 0.4) is 0 Å².